The Morgan fingerprint density at radius 2 is 2.38 bits per heavy atom. The highest BCUT2D eigenvalue weighted by molar-refractivity contribution is 9.09. The van der Waals surface area contributed by atoms with Crippen LogP contribution in [-0.2, 0) is 4.79 Å². The third kappa shape index (κ3) is 4.61. The summed E-state index contributed by atoms with van der Waals surface area (Å²) in [6.07, 6.45) is 2.57. The van der Waals surface area contributed by atoms with E-state index in [-0.39, 0.29) is 11.9 Å². The van der Waals surface area contributed by atoms with Crippen LogP contribution < -0.4 is 5.32 Å². The summed E-state index contributed by atoms with van der Waals surface area (Å²) in [7, 11) is 0. The minimum atomic E-state index is 0.0233. The van der Waals surface area contributed by atoms with Gasteiger partial charge in [0.2, 0.25) is 5.91 Å². The van der Waals surface area contributed by atoms with Crippen LogP contribution in [0.25, 0.3) is 0 Å². The first-order valence-electron chi connectivity index (χ1n) is 5.41. The van der Waals surface area contributed by atoms with Crippen LogP contribution in [0.5, 0.6) is 0 Å². The van der Waals surface area contributed by atoms with E-state index >= 15 is 0 Å². The van der Waals surface area contributed by atoms with Crippen molar-refractivity contribution < 1.29 is 4.79 Å². The molecule has 1 aromatic heterocycles. The van der Waals surface area contributed by atoms with Crippen molar-refractivity contribution in [2.24, 2.45) is 0 Å². The van der Waals surface area contributed by atoms with Crippen molar-refractivity contribution in [3.05, 3.63) is 16.1 Å². The van der Waals surface area contributed by atoms with Crippen molar-refractivity contribution in [3.8, 4) is 0 Å². The Kier molecular flexibility index (Phi) is 5.98. The molecule has 0 saturated heterocycles. The Hall–Kier alpha value is -0.420. The Morgan fingerprint density at radius 3 is 2.94 bits per heavy atom. The fourth-order valence-corrected chi connectivity index (χ4v) is 2.53. The molecular formula is C11H17BrN2OS. The topological polar surface area (TPSA) is 42.0 Å². The van der Waals surface area contributed by atoms with Crippen LogP contribution in [0.3, 0.4) is 0 Å². The van der Waals surface area contributed by atoms with Crippen LogP contribution in [0.2, 0.25) is 0 Å². The second-order valence-electron chi connectivity index (χ2n) is 3.76. The fraction of sp³-hybridized carbons (Fsp3) is 0.636. The Balaban J connectivity index is 2.33. The highest BCUT2D eigenvalue weighted by Gasteiger charge is 2.11. The predicted molar refractivity (Wildman–Crippen MR) is 71.1 cm³/mol. The van der Waals surface area contributed by atoms with Gasteiger partial charge in [0.25, 0.3) is 0 Å². The maximum absolute atomic E-state index is 11.6. The summed E-state index contributed by atoms with van der Waals surface area (Å²) < 4.78 is 0. The van der Waals surface area contributed by atoms with Gasteiger partial charge in [-0.15, -0.1) is 11.3 Å². The monoisotopic (exact) mass is 304 g/mol. The van der Waals surface area contributed by atoms with Gasteiger partial charge in [0.05, 0.1) is 6.04 Å². The van der Waals surface area contributed by atoms with Gasteiger partial charge in [0, 0.05) is 22.8 Å². The zero-order valence-corrected chi connectivity index (χ0v) is 12.0. The number of hydrogen-bond donors (Lipinski definition) is 1. The van der Waals surface area contributed by atoms with Crippen molar-refractivity contribution in [1.82, 2.24) is 10.3 Å². The molecule has 0 aliphatic carbocycles. The Bertz CT molecular complexity index is 340. The number of nitrogens with zero attached hydrogens (tertiary/aromatic N) is 1. The zero-order valence-electron chi connectivity index (χ0n) is 9.62. The third-order valence-corrected chi connectivity index (χ3v) is 3.88. The number of amides is 1. The molecule has 0 spiro atoms. The predicted octanol–water partition coefficient (Wildman–Crippen LogP) is 3.19. The molecule has 1 atom stereocenters. The molecule has 0 bridgehead atoms. The van der Waals surface area contributed by atoms with Gasteiger partial charge in [-0.2, -0.15) is 0 Å². The SMILES string of the molecule is Cc1csc(C(C)NC(=O)CCCCBr)n1. The molecule has 1 amide bonds. The lowest BCUT2D eigenvalue weighted by Crippen LogP contribution is -2.26. The molecule has 3 nitrogen and oxygen atoms in total. The van der Waals surface area contributed by atoms with Crippen molar-refractivity contribution in [1.29, 1.82) is 0 Å². The minimum Gasteiger partial charge on any atom is -0.347 e. The van der Waals surface area contributed by atoms with E-state index in [1.165, 1.54) is 0 Å². The number of halogens is 1. The molecule has 1 N–H and O–H groups in total. The average Bonchev–Trinajstić information content (AvgIpc) is 2.65. The normalized spacial score (nSPS) is 12.4. The lowest BCUT2D eigenvalue weighted by atomic mass is 10.2. The summed E-state index contributed by atoms with van der Waals surface area (Å²) in [5, 5.41) is 6.90. The molecule has 90 valence electrons. The first-order valence-corrected chi connectivity index (χ1v) is 7.41. The van der Waals surface area contributed by atoms with Gasteiger partial charge in [-0.1, -0.05) is 15.9 Å². The number of nitrogens with one attached hydrogen (secondary N) is 1. The van der Waals surface area contributed by atoms with Crippen LogP contribution in [0.1, 0.15) is 42.9 Å². The summed E-state index contributed by atoms with van der Waals surface area (Å²) in [4.78, 5) is 15.9. The number of thiazole rings is 1. The number of carbonyl (C=O) groups is 1. The summed E-state index contributed by atoms with van der Waals surface area (Å²) in [6.45, 7) is 3.94. The van der Waals surface area contributed by atoms with E-state index in [9.17, 15) is 4.79 Å². The molecule has 0 fully saturated rings. The molecular weight excluding hydrogens is 288 g/mol. The molecule has 1 aromatic rings. The molecule has 1 unspecified atom stereocenters. The standard InChI is InChI=1S/C11H17BrN2OS/c1-8-7-16-11(13-8)9(2)14-10(15)5-3-4-6-12/h7,9H,3-6H2,1-2H3,(H,14,15). The second kappa shape index (κ2) is 7.01. The highest BCUT2D eigenvalue weighted by atomic mass is 79.9. The van der Waals surface area contributed by atoms with Gasteiger partial charge >= 0.3 is 0 Å². The van der Waals surface area contributed by atoms with Crippen molar-refractivity contribution in [3.63, 3.8) is 0 Å². The first-order chi connectivity index (χ1) is 7.63. The molecule has 0 saturated carbocycles. The van der Waals surface area contributed by atoms with E-state index in [0.29, 0.717) is 6.42 Å². The first kappa shape index (κ1) is 13.6. The molecule has 5 heteroatoms. The van der Waals surface area contributed by atoms with Gasteiger partial charge in [-0.05, 0) is 26.7 Å². The van der Waals surface area contributed by atoms with Crippen LogP contribution in [0.15, 0.2) is 5.38 Å². The number of rotatable bonds is 6. The summed E-state index contributed by atoms with van der Waals surface area (Å²) in [6, 6.07) is 0.0233. The number of aryl methyl sites for hydroxylation is 1. The summed E-state index contributed by atoms with van der Waals surface area (Å²) in [5.41, 5.74) is 1.01. The Labute approximate surface area is 109 Å². The average molecular weight is 305 g/mol. The van der Waals surface area contributed by atoms with Crippen LogP contribution in [0.4, 0.5) is 0 Å². The van der Waals surface area contributed by atoms with Crippen molar-refractivity contribution >= 4 is 33.2 Å². The molecule has 0 aliphatic rings. The molecule has 0 aliphatic heterocycles. The van der Waals surface area contributed by atoms with E-state index in [0.717, 1.165) is 28.9 Å². The second-order valence-corrected chi connectivity index (χ2v) is 5.45. The number of unbranched alkanes of at least 4 members (excludes halogenated alkanes) is 1. The van der Waals surface area contributed by atoms with Gasteiger partial charge < -0.3 is 5.32 Å². The smallest absolute Gasteiger partial charge is 0.220 e. The maximum atomic E-state index is 11.6. The zero-order chi connectivity index (χ0) is 12.0. The minimum absolute atomic E-state index is 0.0233. The third-order valence-electron chi connectivity index (χ3n) is 2.17. The largest absolute Gasteiger partial charge is 0.347 e. The molecule has 16 heavy (non-hydrogen) atoms. The quantitative estimate of drug-likeness (QED) is 0.648. The van der Waals surface area contributed by atoms with Crippen LogP contribution >= 0.6 is 27.3 Å². The molecule has 0 radical (unpaired) electrons. The summed E-state index contributed by atoms with van der Waals surface area (Å²) >= 11 is 4.94. The van der Waals surface area contributed by atoms with Gasteiger partial charge in [0.15, 0.2) is 0 Å². The summed E-state index contributed by atoms with van der Waals surface area (Å²) in [5.74, 6) is 0.112. The van der Waals surface area contributed by atoms with E-state index in [2.05, 4.69) is 26.2 Å². The molecule has 1 heterocycles. The molecule has 0 aromatic carbocycles. The maximum Gasteiger partial charge on any atom is 0.220 e. The molecule has 1 rings (SSSR count). The van der Waals surface area contributed by atoms with E-state index < -0.39 is 0 Å². The van der Waals surface area contributed by atoms with Crippen LogP contribution in [0, 0.1) is 6.92 Å². The number of hydrogen-bond acceptors (Lipinski definition) is 3. The van der Waals surface area contributed by atoms with Crippen molar-refractivity contribution in [2.45, 2.75) is 39.2 Å². The highest BCUT2D eigenvalue weighted by Crippen LogP contribution is 2.17. The van der Waals surface area contributed by atoms with Gasteiger partial charge in [0.1, 0.15) is 5.01 Å². The Morgan fingerprint density at radius 1 is 1.62 bits per heavy atom. The van der Waals surface area contributed by atoms with Crippen molar-refractivity contribution in [2.75, 3.05) is 5.33 Å². The lowest BCUT2D eigenvalue weighted by Gasteiger charge is -2.10. The number of carbonyl (C=O) groups excluding carboxylic acids is 1. The number of alkyl halides is 1. The number of aromatic nitrogens is 1. The van der Waals surface area contributed by atoms with E-state index in [1.54, 1.807) is 11.3 Å². The van der Waals surface area contributed by atoms with E-state index in [4.69, 9.17) is 0 Å². The van der Waals surface area contributed by atoms with Gasteiger partial charge in [-0.25, -0.2) is 4.98 Å². The van der Waals surface area contributed by atoms with E-state index in [1.807, 2.05) is 19.2 Å². The fourth-order valence-electron chi connectivity index (χ4n) is 1.33. The van der Waals surface area contributed by atoms with Crippen LogP contribution in [-0.4, -0.2) is 16.2 Å². The lowest BCUT2D eigenvalue weighted by molar-refractivity contribution is -0.121. The van der Waals surface area contributed by atoms with Gasteiger partial charge in [-0.3, -0.25) is 4.79 Å².